The Labute approximate surface area is 149 Å². The summed E-state index contributed by atoms with van der Waals surface area (Å²) in [4.78, 5) is 12.2. The Balaban J connectivity index is 1.92. The van der Waals surface area contributed by atoms with Gasteiger partial charge in [0.1, 0.15) is 5.60 Å². The van der Waals surface area contributed by atoms with Crippen LogP contribution in [0.3, 0.4) is 0 Å². The monoisotopic (exact) mass is 342 g/mol. The maximum absolute atomic E-state index is 12.2. The van der Waals surface area contributed by atoms with Crippen LogP contribution in [0, 0.1) is 17.2 Å². The molecule has 25 heavy (non-hydrogen) atoms. The average molecular weight is 342 g/mol. The van der Waals surface area contributed by atoms with Gasteiger partial charge < -0.3 is 14.8 Å². The van der Waals surface area contributed by atoms with E-state index >= 15 is 0 Å². The number of nitrogens with zero attached hydrogens (tertiary/aromatic N) is 1. The van der Waals surface area contributed by atoms with Crippen LogP contribution in [0.5, 0.6) is 0 Å². The van der Waals surface area contributed by atoms with Crippen molar-refractivity contribution in [3.05, 3.63) is 48.0 Å². The van der Waals surface area contributed by atoms with Gasteiger partial charge >= 0.3 is 6.09 Å². The molecular weight excluding hydrogens is 316 g/mol. The summed E-state index contributed by atoms with van der Waals surface area (Å²) in [6.07, 6.45) is 4.43. The first-order valence-corrected chi connectivity index (χ1v) is 8.52. The van der Waals surface area contributed by atoms with E-state index in [0.717, 1.165) is 18.4 Å². The van der Waals surface area contributed by atoms with Crippen molar-refractivity contribution in [3.63, 3.8) is 0 Å². The summed E-state index contributed by atoms with van der Waals surface area (Å²) in [7, 11) is 0. The zero-order chi connectivity index (χ0) is 18.3. The lowest BCUT2D eigenvalue weighted by Crippen LogP contribution is -2.44. The van der Waals surface area contributed by atoms with Crippen molar-refractivity contribution in [2.75, 3.05) is 6.61 Å². The number of nitriles is 1. The first-order chi connectivity index (χ1) is 11.8. The van der Waals surface area contributed by atoms with Crippen LogP contribution in [0.4, 0.5) is 4.79 Å². The van der Waals surface area contributed by atoms with Crippen LogP contribution in [0.25, 0.3) is 0 Å². The zero-order valence-electron chi connectivity index (χ0n) is 15.1. The molecule has 1 N–H and O–H groups in total. The highest BCUT2D eigenvalue weighted by Gasteiger charge is 2.55. The largest absolute Gasteiger partial charge is 0.444 e. The fourth-order valence-electron chi connectivity index (χ4n) is 2.77. The van der Waals surface area contributed by atoms with Crippen molar-refractivity contribution < 1.29 is 14.3 Å². The predicted molar refractivity (Wildman–Crippen MR) is 95.7 cm³/mol. The van der Waals surface area contributed by atoms with Gasteiger partial charge in [-0.2, -0.15) is 5.26 Å². The van der Waals surface area contributed by atoms with E-state index in [9.17, 15) is 4.79 Å². The highest BCUT2D eigenvalue weighted by Crippen LogP contribution is 2.46. The third-order valence-corrected chi connectivity index (χ3v) is 4.07. The Morgan fingerprint density at radius 1 is 1.40 bits per heavy atom. The molecule has 1 saturated carbocycles. The Morgan fingerprint density at radius 3 is 2.76 bits per heavy atom. The molecule has 0 bridgehead atoms. The fourth-order valence-corrected chi connectivity index (χ4v) is 2.77. The molecule has 1 aromatic carbocycles. The number of carbonyl (C=O) groups excluding carboxylic acids is 1. The number of benzene rings is 1. The SMILES string of the molecule is CC(C)(C)OC(=O)N[C@@]1(COCc2ccccc2)C[C@@H]1CC=CC#N. The smallest absolute Gasteiger partial charge is 0.408 e. The summed E-state index contributed by atoms with van der Waals surface area (Å²) in [6, 6.07) is 11.9. The molecule has 5 heteroatoms. The van der Waals surface area contributed by atoms with E-state index in [0.29, 0.717) is 13.2 Å². The van der Waals surface area contributed by atoms with Gasteiger partial charge in [0.15, 0.2) is 0 Å². The molecule has 2 atom stereocenters. The number of carbonyl (C=O) groups is 1. The van der Waals surface area contributed by atoms with Crippen molar-refractivity contribution in [2.45, 2.75) is 51.4 Å². The molecule has 0 radical (unpaired) electrons. The van der Waals surface area contributed by atoms with Crippen molar-refractivity contribution in [2.24, 2.45) is 5.92 Å². The number of hydrogen-bond donors (Lipinski definition) is 1. The zero-order valence-corrected chi connectivity index (χ0v) is 15.1. The highest BCUT2D eigenvalue weighted by atomic mass is 16.6. The summed E-state index contributed by atoms with van der Waals surface area (Å²) < 4.78 is 11.2. The summed E-state index contributed by atoms with van der Waals surface area (Å²) >= 11 is 0. The molecule has 1 amide bonds. The molecule has 134 valence electrons. The number of rotatable bonds is 7. The van der Waals surface area contributed by atoms with Gasteiger partial charge in [-0.25, -0.2) is 4.79 Å². The first kappa shape index (κ1) is 19.0. The lowest BCUT2D eigenvalue weighted by Gasteiger charge is -2.24. The molecule has 0 spiro atoms. The summed E-state index contributed by atoms with van der Waals surface area (Å²) in [6.45, 7) is 6.44. The van der Waals surface area contributed by atoms with Gasteiger partial charge in [0.25, 0.3) is 0 Å². The molecule has 5 nitrogen and oxygen atoms in total. The van der Waals surface area contributed by atoms with Crippen molar-refractivity contribution in [1.29, 1.82) is 5.26 Å². The third kappa shape index (κ3) is 6.24. The number of hydrogen-bond acceptors (Lipinski definition) is 4. The van der Waals surface area contributed by atoms with Crippen molar-refractivity contribution in [1.82, 2.24) is 5.32 Å². The maximum atomic E-state index is 12.2. The second kappa shape index (κ2) is 8.17. The topological polar surface area (TPSA) is 71.3 Å². The molecule has 0 aliphatic heterocycles. The fraction of sp³-hybridized carbons (Fsp3) is 0.500. The van der Waals surface area contributed by atoms with Gasteiger partial charge in [-0.15, -0.1) is 0 Å². The second-order valence-corrected chi connectivity index (χ2v) is 7.43. The first-order valence-electron chi connectivity index (χ1n) is 8.52. The van der Waals surface area contributed by atoms with Gasteiger partial charge in [0, 0.05) is 6.08 Å². The van der Waals surface area contributed by atoms with Gasteiger partial charge in [-0.1, -0.05) is 36.4 Å². The van der Waals surface area contributed by atoms with Crippen LogP contribution in [0.2, 0.25) is 0 Å². The van der Waals surface area contributed by atoms with E-state index in [2.05, 4.69) is 5.32 Å². The van der Waals surface area contributed by atoms with Crippen LogP contribution in [-0.2, 0) is 16.1 Å². The van der Waals surface area contributed by atoms with Crippen LogP contribution in [0.1, 0.15) is 39.2 Å². The maximum Gasteiger partial charge on any atom is 0.408 e. The number of ether oxygens (including phenoxy) is 2. The molecule has 1 fully saturated rings. The van der Waals surface area contributed by atoms with Gasteiger partial charge in [0.05, 0.1) is 24.8 Å². The van der Waals surface area contributed by atoms with Crippen LogP contribution in [-0.4, -0.2) is 23.8 Å². The third-order valence-electron chi connectivity index (χ3n) is 4.07. The minimum Gasteiger partial charge on any atom is -0.444 e. The molecule has 0 saturated heterocycles. The van der Waals surface area contributed by atoms with Crippen molar-refractivity contribution in [3.8, 4) is 6.07 Å². The number of allylic oxidation sites excluding steroid dienone is 2. The minimum atomic E-state index is -0.540. The van der Waals surface area contributed by atoms with Crippen molar-refractivity contribution >= 4 is 6.09 Å². The normalized spacial score (nSPS) is 22.4. The molecule has 0 heterocycles. The standard InChI is InChI=1S/C20H26N2O3/c1-19(2,3)25-18(23)22-20(13-17(20)11-7-8-12-21)15-24-14-16-9-5-4-6-10-16/h4-10,17H,11,13-15H2,1-3H3,(H,22,23)/t17-,20+/m0/s1. The number of nitrogens with one attached hydrogen (secondary N) is 1. The van der Waals surface area contributed by atoms with E-state index in [1.54, 1.807) is 0 Å². The number of amides is 1. The van der Waals surface area contributed by atoms with Crippen LogP contribution in [0.15, 0.2) is 42.5 Å². The van der Waals surface area contributed by atoms with E-state index in [4.69, 9.17) is 14.7 Å². The Morgan fingerprint density at radius 2 is 2.12 bits per heavy atom. The van der Waals surface area contributed by atoms with E-state index < -0.39 is 17.2 Å². The van der Waals surface area contributed by atoms with E-state index in [1.165, 1.54) is 6.08 Å². The van der Waals surface area contributed by atoms with Crippen LogP contribution >= 0.6 is 0 Å². The summed E-state index contributed by atoms with van der Waals surface area (Å²) in [5.74, 6) is 0.250. The molecule has 1 aromatic rings. The van der Waals surface area contributed by atoms with E-state index in [-0.39, 0.29) is 5.92 Å². The molecule has 1 aliphatic rings. The second-order valence-electron chi connectivity index (χ2n) is 7.43. The Hall–Kier alpha value is -2.32. The summed E-state index contributed by atoms with van der Waals surface area (Å²) in [5, 5.41) is 11.6. The summed E-state index contributed by atoms with van der Waals surface area (Å²) in [5.41, 5.74) is 0.134. The quantitative estimate of drug-likeness (QED) is 0.762. The molecule has 2 rings (SSSR count). The van der Waals surface area contributed by atoms with Gasteiger partial charge in [-0.3, -0.25) is 0 Å². The molecule has 0 aromatic heterocycles. The van der Waals surface area contributed by atoms with Crippen LogP contribution < -0.4 is 5.32 Å². The molecule has 1 aliphatic carbocycles. The Bertz CT molecular complexity index is 643. The average Bonchev–Trinajstić information content (AvgIpc) is 3.19. The van der Waals surface area contributed by atoms with Gasteiger partial charge in [-0.05, 0) is 45.1 Å². The van der Waals surface area contributed by atoms with Gasteiger partial charge in [0.2, 0.25) is 0 Å². The lowest BCUT2D eigenvalue weighted by molar-refractivity contribution is 0.0387. The highest BCUT2D eigenvalue weighted by molar-refractivity contribution is 5.69. The molecular formula is C20H26N2O3. The molecule has 0 unspecified atom stereocenters. The Kier molecular flexibility index (Phi) is 6.22. The number of alkyl carbamates (subject to hydrolysis) is 1. The lowest BCUT2D eigenvalue weighted by atomic mass is 10.1. The van der Waals surface area contributed by atoms with E-state index in [1.807, 2.05) is 63.2 Å². The minimum absolute atomic E-state index is 0.250. The predicted octanol–water partition coefficient (Wildman–Crippen LogP) is 3.96.